The zero-order valence-electron chi connectivity index (χ0n) is 19.4. The van der Waals surface area contributed by atoms with Crippen LogP contribution in [0.2, 0.25) is 0 Å². The number of hydrogen-bond donors (Lipinski definition) is 2. The number of carbonyl (C=O) groups excluding carboxylic acids is 2. The molecule has 180 valence electrons. The molecule has 3 aliphatic heterocycles. The van der Waals surface area contributed by atoms with Crippen LogP contribution in [0.5, 0.6) is 0 Å². The van der Waals surface area contributed by atoms with Crippen molar-refractivity contribution in [1.82, 2.24) is 10.2 Å². The molecule has 2 fully saturated rings. The molecule has 5 rings (SSSR count). The molecule has 0 bridgehead atoms. The maximum atomic E-state index is 13.1. The highest BCUT2D eigenvalue weighted by atomic mass is 19.1. The van der Waals surface area contributed by atoms with Crippen LogP contribution in [0.15, 0.2) is 42.5 Å². The van der Waals surface area contributed by atoms with Crippen LogP contribution >= 0.6 is 0 Å². The summed E-state index contributed by atoms with van der Waals surface area (Å²) in [5, 5.41) is 6.01. The summed E-state index contributed by atoms with van der Waals surface area (Å²) in [5.74, 6) is -0.288. The molecule has 0 saturated carbocycles. The van der Waals surface area contributed by atoms with Gasteiger partial charge in [0.05, 0.1) is 11.4 Å². The van der Waals surface area contributed by atoms with E-state index in [1.165, 1.54) is 12.1 Å². The molecule has 2 aromatic carbocycles. The third kappa shape index (κ3) is 4.87. The summed E-state index contributed by atoms with van der Waals surface area (Å²) < 4.78 is 13.1. The van der Waals surface area contributed by atoms with Gasteiger partial charge in [0, 0.05) is 50.5 Å². The summed E-state index contributed by atoms with van der Waals surface area (Å²) in [6.45, 7) is 6.14. The van der Waals surface area contributed by atoms with Gasteiger partial charge in [-0.3, -0.25) is 14.5 Å². The number of halogens is 1. The third-order valence-electron chi connectivity index (χ3n) is 7.13. The third-order valence-corrected chi connectivity index (χ3v) is 7.13. The zero-order chi connectivity index (χ0) is 23.5. The molecule has 0 unspecified atom stereocenters. The predicted molar refractivity (Wildman–Crippen MR) is 132 cm³/mol. The van der Waals surface area contributed by atoms with Crippen molar-refractivity contribution < 1.29 is 14.0 Å². The van der Waals surface area contributed by atoms with Crippen LogP contribution in [-0.2, 0) is 4.79 Å². The minimum Gasteiger partial charge on any atom is -0.369 e. The number of piperidine rings is 1. The molecule has 2 saturated heterocycles. The van der Waals surface area contributed by atoms with Gasteiger partial charge in [-0.15, -0.1) is 0 Å². The lowest BCUT2D eigenvalue weighted by Gasteiger charge is -2.41. The van der Waals surface area contributed by atoms with Crippen molar-refractivity contribution in [2.75, 3.05) is 60.9 Å². The molecule has 7 nitrogen and oxygen atoms in total. The first kappa shape index (κ1) is 22.7. The zero-order valence-corrected chi connectivity index (χ0v) is 19.4. The molecule has 2 N–H and O–H groups in total. The molecule has 0 aliphatic carbocycles. The Labute approximate surface area is 199 Å². The second-order valence-corrected chi connectivity index (χ2v) is 9.34. The number of fused-ring (bicyclic) bond motifs is 3. The van der Waals surface area contributed by atoms with E-state index in [1.807, 2.05) is 24.3 Å². The Kier molecular flexibility index (Phi) is 6.67. The number of carbonyl (C=O) groups is 2. The number of amides is 2. The molecule has 34 heavy (non-hydrogen) atoms. The first-order valence-electron chi connectivity index (χ1n) is 12.3. The maximum absolute atomic E-state index is 13.1. The first-order chi connectivity index (χ1) is 16.6. The summed E-state index contributed by atoms with van der Waals surface area (Å²) in [6, 6.07) is 12.2. The van der Waals surface area contributed by atoms with Crippen molar-refractivity contribution in [1.29, 1.82) is 0 Å². The second-order valence-electron chi connectivity index (χ2n) is 9.34. The van der Waals surface area contributed by atoms with Crippen LogP contribution in [0.25, 0.3) is 0 Å². The molecule has 0 aromatic heterocycles. The smallest absolute Gasteiger partial charge is 0.251 e. The molecule has 1 atom stereocenters. The van der Waals surface area contributed by atoms with Gasteiger partial charge in [0.25, 0.3) is 5.91 Å². The van der Waals surface area contributed by atoms with Crippen LogP contribution in [0, 0.1) is 5.82 Å². The van der Waals surface area contributed by atoms with Crippen molar-refractivity contribution >= 4 is 28.9 Å². The van der Waals surface area contributed by atoms with Crippen LogP contribution < -0.4 is 20.4 Å². The molecule has 0 radical (unpaired) electrons. The monoisotopic (exact) mass is 465 g/mol. The van der Waals surface area contributed by atoms with Gasteiger partial charge in [0.15, 0.2) is 0 Å². The molecular formula is C26H32FN5O2. The average Bonchev–Trinajstić information content (AvgIpc) is 2.87. The fraction of sp³-hybridized carbons (Fsp3) is 0.462. The van der Waals surface area contributed by atoms with Gasteiger partial charge in [-0.2, -0.15) is 0 Å². The molecule has 2 aromatic rings. The van der Waals surface area contributed by atoms with E-state index in [0.29, 0.717) is 12.1 Å². The lowest BCUT2D eigenvalue weighted by molar-refractivity contribution is -0.118. The fourth-order valence-electron chi connectivity index (χ4n) is 5.22. The molecule has 2 amide bonds. The minimum atomic E-state index is -0.208. The SMILES string of the molecule is O=C(NCCCN1CCN(c2ccc(F)cc2)CC1)c1ccc2c(c1)NC(=O)[C@H]1CCCCN21. The van der Waals surface area contributed by atoms with Crippen LogP contribution in [0.1, 0.15) is 36.0 Å². The number of hydrogen-bond acceptors (Lipinski definition) is 5. The van der Waals surface area contributed by atoms with Gasteiger partial charge in [-0.25, -0.2) is 4.39 Å². The lowest BCUT2D eigenvalue weighted by Crippen LogP contribution is -2.50. The van der Waals surface area contributed by atoms with E-state index in [4.69, 9.17) is 0 Å². The van der Waals surface area contributed by atoms with Gasteiger partial charge in [0.1, 0.15) is 11.9 Å². The largest absolute Gasteiger partial charge is 0.369 e. The van der Waals surface area contributed by atoms with E-state index in [2.05, 4.69) is 25.3 Å². The number of benzene rings is 2. The van der Waals surface area contributed by atoms with Crippen molar-refractivity contribution in [2.24, 2.45) is 0 Å². The fourth-order valence-corrected chi connectivity index (χ4v) is 5.22. The Hall–Kier alpha value is -3.13. The Bertz CT molecular complexity index is 1040. The van der Waals surface area contributed by atoms with E-state index in [0.717, 1.165) is 82.0 Å². The van der Waals surface area contributed by atoms with E-state index in [9.17, 15) is 14.0 Å². The Balaban J connectivity index is 1.07. The molecular weight excluding hydrogens is 433 g/mol. The van der Waals surface area contributed by atoms with Gasteiger partial charge in [-0.1, -0.05) is 0 Å². The highest BCUT2D eigenvalue weighted by molar-refractivity contribution is 6.05. The van der Waals surface area contributed by atoms with Crippen LogP contribution in [0.4, 0.5) is 21.5 Å². The summed E-state index contributed by atoms with van der Waals surface area (Å²) in [4.78, 5) is 32.0. The standard InChI is InChI=1S/C26H32FN5O2/c27-20-6-8-21(9-7-20)31-16-14-30(15-17-31)12-3-11-28-25(33)19-5-10-23-22(18-19)29-26(34)24-4-1-2-13-32(23)24/h5-10,18,24H,1-4,11-17H2,(H,28,33)(H,29,34)/t24-/m1/s1. The lowest BCUT2D eigenvalue weighted by atomic mass is 9.97. The van der Waals surface area contributed by atoms with Gasteiger partial charge < -0.3 is 20.4 Å². The summed E-state index contributed by atoms with van der Waals surface area (Å²) >= 11 is 0. The summed E-state index contributed by atoms with van der Waals surface area (Å²) in [6.07, 6.45) is 3.93. The minimum absolute atomic E-state index is 0.0317. The van der Waals surface area contributed by atoms with Gasteiger partial charge in [0.2, 0.25) is 5.91 Å². The highest BCUT2D eigenvalue weighted by Gasteiger charge is 2.34. The van der Waals surface area contributed by atoms with Crippen molar-refractivity contribution in [3.8, 4) is 0 Å². The number of nitrogens with zero attached hydrogens (tertiary/aromatic N) is 3. The molecule has 3 aliphatic rings. The Morgan fingerprint density at radius 1 is 1.03 bits per heavy atom. The van der Waals surface area contributed by atoms with Crippen molar-refractivity contribution in [2.45, 2.75) is 31.7 Å². The molecule has 0 spiro atoms. The molecule has 3 heterocycles. The Morgan fingerprint density at radius 2 is 1.82 bits per heavy atom. The van der Waals surface area contributed by atoms with E-state index in [1.54, 1.807) is 6.07 Å². The quantitative estimate of drug-likeness (QED) is 0.642. The highest BCUT2D eigenvalue weighted by Crippen LogP contribution is 2.36. The van der Waals surface area contributed by atoms with Gasteiger partial charge >= 0.3 is 0 Å². The van der Waals surface area contributed by atoms with Crippen molar-refractivity contribution in [3.05, 3.63) is 53.8 Å². The van der Waals surface area contributed by atoms with Crippen molar-refractivity contribution in [3.63, 3.8) is 0 Å². The average molecular weight is 466 g/mol. The second kappa shape index (κ2) is 10.0. The van der Waals surface area contributed by atoms with E-state index in [-0.39, 0.29) is 23.7 Å². The number of anilines is 3. The summed E-state index contributed by atoms with van der Waals surface area (Å²) in [7, 11) is 0. The number of piperazine rings is 1. The summed E-state index contributed by atoms with van der Waals surface area (Å²) in [5.41, 5.74) is 3.38. The van der Waals surface area contributed by atoms with Crippen LogP contribution in [-0.4, -0.2) is 68.6 Å². The van der Waals surface area contributed by atoms with Gasteiger partial charge in [-0.05, 0) is 74.7 Å². The topological polar surface area (TPSA) is 67.9 Å². The maximum Gasteiger partial charge on any atom is 0.251 e. The first-order valence-corrected chi connectivity index (χ1v) is 12.3. The number of rotatable bonds is 6. The number of nitrogens with one attached hydrogen (secondary N) is 2. The molecule has 8 heteroatoms. The normalized spacial score (nSPS) is 20.4. The predicted octanol–water partition coefficient (Wildman–Crippen LogP) is 3.08. The van der Waals surface area contributed by atoms with Crippen LogP contribution in [0.3, 0.4) is 0 Å². The van der Waals surface area contributed by atoms with E-state index < -0.39 is 0 Å². The van der Waals surface area contributed by atoms with E-state index >= 15 is 0 Å². The Morgan fingerprint density at radius 3 is 2.62 bits per heavy atom.